The molecule has 13 heavy (non-hydrogen) atoms. The molecule has 0 unspecified atom stereocenters. The van der Waals surface area contributed by atoms with Crippen LogP contribution in [-0.2, 0) is 0 Å². The van der Waals surface area contributed by atoms with E-state index in [0.29, 0.717) is 6.54 Å². The van der Waals surface area contributed by atoms with Crippen molar-refractivity contribution in [1.82, 2.24) is 15.7 Å². The van der Waals surface area contributed by atoms with Crippen LogP contribution in [0, 0.1) is 0 Å². The molecule has 0 radical (unpaired) electrons. The van der Waals surface area contributed by atoms with Crippen LogP contribution in [0.1, 0.15) is 6.42 Å². The molecular formula is C6H17N5O2. The number of nitrogens with zero attached hydrogens (tertiary/aromatic N) is 3. The zero-order chi connectivity index (χ0) is 10.3. The summed E-state index contributed by atoms with van der Waals surface area (Å²) in [6.45, 7) is 1.46. The van der Waals surface area contributed by atoms with Crippen LogP contribution >= 0.6 is 0 Å². The van der Waals surface area contributed by atoms with Crippen molar-refractivity contribution in [3.8, 4) is 0 Å². The summed E-state index contributed by atoms with van der Waals surface area (Å²) in [5, 5.41) is 16.3. The summed E-state index contributed by atoms with van der Waals surface area (Å²) in [7, 11) is 3.93. The Hall–Kier alpha value is -0.890. The predicted octanol–water partition coefficient (Wildman–Crippen LogP) is -1.16. The molecule has 0 bridgehead atoms. The quantitative estimate of drug-likeness (QED) is 0.189. The highest BCUT2D eigenvalue weighted by Gasteiger charge is 1.94. The summed E-state index contributed by atoms with van der Waals surface area (Å²) in [5.41, 5.74) is 7.24. The van der Waals surface area contributed by atoms with Crippen LogP contribution in [0.2, 0.25) is 0 Å². The van der Waals surface area contributed by atoms with Crippen LogP contribution in [0.5, 0.6) is 0 Å². The molecule has 0 atom stereocenters. The van der Waals surface area contributed by atoms with E-state index in [-0.39, 0.29) is 11.3 Å². The first kappa shape index (κ1) is 12.1. The smallest absolute Gasteiger partial charge is 0.207 e. The number of hydrogen-bond acceptors (Lipinski definition) is 5. The van der Waals surface area contributed by atoms with E-state index in [1.165, 1.54) is 0 Å². The molecule has 0 amide bonds. The van der Waals surface area contributed by atoms with Gasteiger partial charge in [0.25, 0.3) is 0 Å². The number of nitrogens with one attached hydrogen (secondary N) is 1. The van der Waals surface area contributed by atoms with Gasteiger partial charge in [0.1, 0.15) is 0 Å². The van der Waals surface area contributed by atoms with Gasteiger partial charge in [-0.15, -0.1) is 0 Å². The summed E-state index contributed by atoms with van der Waals surface area (Å²) in [5.74, 6) is -0.0243. The van der Waals surface area contributed by atoms with E-state index in [4.69, 9.17) is 16.1 Å². The topological polar surface area (TPSA) is 97.4 Å². The zero-order valence-corrected chi connectivity index (χ0v) is 7.93. The van der Waals surface area contributed by atoms with Crippen LogP contribution in [0.15, 0.2) is 4.99 Å². The van der Waals surface area contributed by atoms with Crippen LogP contribution in [0.3, 0.4) is 0 Å². The highest BCUT2D eigenvalue weighted by molar-refractivity contribution is 5.76. The number of nitrogens with two attached hydrogens (primary N) is 1. The minimum atomic E-state index is -0.231. The first-order chi connectivity index (χ1) is 6.02. The first-order valence-electron chi connectivity index (χ1n) is 3.91. The normalized spacial score (nSPS) is 12.6. The molecular weight excluding hydrogens is 174 g/mol. The summed E-state index contributed by atoms with van der Waals surface area (Å²) in [4.78, 5) is 5.86. The van der Waals surface area contributed by atoms with E-state index >= 15 is 0 Å². The minimum Gasteiger partial charge on any atom is -0.369 e. The van der Waals surface area contributed by atoms with Gasteiger partial charge in [-0.3, -0.25) is 15.4 Å². The molecule has 0 aromatic rings. The van der Waals surface area contributed by atoms with Gasteiger partial charge in [0.2, 0.25) is 5.96 Å². The maximum Gasteiger partial charge on any atom is 0.207 e. The molecule has 0 saturated carbocycles. The van der Waals surface area contributed by atoms with E-state index in [9.17, 15) is 0 Å². The largest absolute Gasteiger partial charge is 0.369 e. The Kier molecular flexibility index (Phi) is 6.15. The van der Waals surface area contributed by atoms with Crippen molar-refractivity contribution < 1.29 is 10.4 Å². The fraction of sp³-hybridized carbons (Fsp3) is 0.833. The molecule has 7 nitrogen and oxygen atoms in total. The van der Waals surface area contributed by atoms with Gasteiger partial charge in [0.15, 0.2) is 0 Å². The molecule has 0 aliphatic rings. The van der Waals surface area contributed by atoms with Crippen LogP contribution in [0.25, 0.3) is 0 Å². The van der Waals surface area contributed by atoms with E-state index in [1.807, 2.05) is 24.4 Å². The number of guanidine groups is 1. The molecule has 0 aliphatic carbocycles. The van der Waals surface area contributed by atoms with Crippen LogP contribution in [0.4, 0.5) is 0 Å². The van der Waals surface area contributed by atoms with Crippen molar-refractivity contribution in [2.75, 3.05) is 27.2 Å². The molecule has 0 aromatic heterocycles. The van der Waals surface area contributed by atoms with E-state index in [2.05, 4.69) is 4.99 Å². The standard InChI is InChI=1S/C6H17N5O2/c1-10(2)5-3-4-8-6(7)9-11(12)13/h12-13H,3-5H2,1-2H3,(H3,7,8,9). The number of aliphatic imine (C=N–C) groups is 1. The van der Waals surface area contributed by atoms with E-state index in [0.717, 1.165) is 13.0 Å². The van der Waals surface area contributed by atoms with Gasteiger partial charge in [-0.05, 0) is 27.1 Å². The molecule has 7 heteroatoms. The second-order valence-electron chi connectivity index (χ2n) is 2.83. The van der Waals surface area contributed by atoms with Gasteiger partial charge in [0, 0.05) is 11.9 Å². The summed E-state index contributed by atoms with van der Waals surface area (Å²) >= 11 is 0. The highest BCUT2D eigenvalue weighted by atomic mass is 16.8. The third kappa shape index (κ3) is 9.02. The van der Waals surface area contributed by atoms with E-state index in [1.54, 1.807) is 0 Å². The molecule has 5 N–H and O–H groups in total. The molecule has 0 spiro atoms. The second kappa shape index (κ2) is 6.61. The minimum absolute atomic E-state index is 0.0243. The Morgan fingerprint density at radius 3 is 2.54 bits per heavy atom. The van der Waals surface area contributed by atoms with Crippen molar-refractivity contribution in [3.63, 3.8) is 0 Å². The maximum atomic E-state index is 8.28. The third-order valence-corrected chi connectivity index (χ3v) is 1.26. The Bertz CT molecular complexity index is 159. The average molecular weight is 191 g/mol. The monoisotopic (exact) mass is 191 g/mol. The number of rotatable bonds is 5. The fourth-order valence-electron chi connectivity index (χ4n) is 0.724. The fourth-order valence-corrected chi connectivity index (χ4v) is 0.724. The van der Waals surface area contributed by atoms with Gasteiger partial charge < -0.3 is 10.6 Å². The van der Waals surface area contributed by atoms with Crippen molar-refractivity contribution >= 4 is 5.96 Å². The second-order valence-corrected chi connectivity index (χ2v) is 2.83. The summed E-state index contributed by atoms with van der Waals surface area (Å²) < 4.78 is 0. The molecule has 0 fully saturated rings. The van der Waals surface area contributed by atoms with E-state index < -0.39 is 0 Å². The molecule has 0 heterocycles. The third-order valence-electron chi connectivity index (χ3n) is 1.26. The SMILES string of the molecule is CN(C)CCCN=C(N)NN(O)O. The Morgan fingerprint density at radius 1 is 1.46 bits per heavy atom. The lowest BCUT2D eigenvalue weighted by atomic mass is 10.4. The Morgan fingerprint density at radius 2 is 2.08 bits per heavy atom. The Balaban J connectivity index is 3.47. The van der Waals surface area contributed by atoms with Gasteiger partial charge in [-0.1, -0.05) is 0 Å². The molecule has 0 aliphatic heterocycles. The lowest BCUT2D eigenvalue weighted by Gasteiger charge is -2.09. The van der Waals surface area contributed by atoms with Crippen LogP contribution < -0.4 is 11.2 Å². The lowest BCUT2D eigenvalue weighted by molar-refractivity contribution is -0.329. The maximum absolute atomic E-state index is 8.28. The van der Waals surface area contributed by atoms with Crippen molar-refractivity contribution in [3.05, 3.63) is 0 Å². The predicted molar refractivity (Wildman–Crippen MR) is 48.2 cm³/mol. The average Bonchev–Trinajstić information content (AvgIpc) is 1.96. The van der Waals surface area contributed by atoms with Crippen molar-refractivity contribution in [1.29, 1.82) is 0 Å². The number of hydrogen-bond donors (Lipinski definition) is 4. The first-order valence-corrected chi connectivity index (χ1v) is 3.91. The van der Waals surface area contributed by atoms with Gasteiger partial charge >= 0.3 is 0 Å². The molecule has 0 saturated heterocycles. The number of hydrazine groups is 1. The summed E-state index contributed by atoms with van der Waals surface area (Å²) in [6.07, 6.45) is 0.867. The zero-order valence-electron chi connectivity index (χ0n) is 7.93. The van der Waals surface area contributed by atoms with Gasteiger partial charge in [0.05, 0.1) is 0 Å². The van der Waals surface area contributed by atoms with Gasteiger partial charge in [-0.2, -0.15) is 0 Å². The molecule has 0 aromatic carbocycles. The lowest BCUT2D eigenvalue weighted by Crippen LogP contribution is -2.42. The molecule has 78 valence electrons. The highest BCUT2D eigenvalue weighted by Crippen LogP contribution is 1.83. The van der Waals surface area contributed by atoms with Crippen molar-refractivity contribution in [2.24, 2.45) is 10.7 Å². The van der Waals surface area contributed by atoms with Crippen LogP contribution in [-0.4, -0.2) is 53.8 Å². The molecule has 0 rings (SSSR count). The van der Waals surface area contributed by atoms with Gasteiger partial charge in [-0.25, -0.2) is 5.43 Å². The Labute approximate surface area is 77.3 Å². The van der Waals surface area contributed by atoms with Crippen molar-refractivity contribution in [2.45, 2.75) is 6.42 Å². The summed E-state index contributed by atoms with van der Waals surface area (Å²) in [6, 6.07) is 0.